The monoisotopic (exact) mass is 293 g/mol. The highest BCUT2D eigenvalue weighted by Crippen LogP contribution is 2.22. The number of ether oxygens (including phenoxy) is 2. The van der Waals surface area contributed by atoms with Crippen molar-refractivity contribution in [1.29, 1.82) is 0 Å². The molecule has 0 amide bonds. The molecule has 2 rings (SSSR count). The molecule has 0 aliphatic heterocycles. The van der Waals surface area contributed by atoms with Crippen LogP contribution in [0.15, 0.2) is 36.4 Å². The molecule has 1 atom stereocenters. The molecule has 0 bridgehead atoms. The van der Waals surface area contributed by atoms with Gasteiger partial charge in [-0.15, -0.1) is 0 Å². The summed E-state index contributed by atoms with van der Waals surface area (Å²) in [7, 11) is 1.47. The maximum absolute atomic E-state index is 13.8. The molecule has 0 saturated heterocycles. The zero-order valence-electron chi connectivity index (χ0n) is 11.9. The van der Waals surface area contributed by atoms with Crippen LogP contribution in [0.4, 0.5) is 8.78 Å². The van der Waals surface area contributed by atoms with Gasteiger partial charge in [0.2, 0.25) is 0 Å². The Labute approximate surface area is 122 Å². The van der Waals surface area contributed by atoms with E-state index < -0.39 is 17.7 Å². The van der Waals surface area contributed by atoms with Gasteiger partial charge < -0.3 is 15.2 Å². The van der Waals surface area contributed by atoms with Crippen molar-refractivity contribution in [3.8, 4) is 11.5 Å². The second-order valence-corrected chi connectivity index (χ2v) is 4.72. The molecule has 0 aromatic heterocycles. The van der Waals surface area contributed by atoms with Crippen molar-refractivity contribution in [1.82, 2.24) is 0 Å². The summed E-state index contributed by atoms with van der Waals surface area (Å²) < 4.78 is 37.8. The van der Waals surface area contributed by atoms with E-state index in [0.717, 1.165) is 0 Å². The number of methoxy groups -OCH3 is 1. The number of nitrogens with two attached hydrogens (primary N) is 1. The van der Waals surface area contributed by atoms with E-state index >= 15 is 0 Å². The van der Waals surface area contributed by atoms with Gasteiger partial charge in [0.05, 0.1) is 7.11 Å². The molecule has 0 aliphatic rings. The van der Waals surface area contributed by atoms with Gasteiger partial charge in [0.25, 0.3) is 0 Å². The third-order valence-electron chi connectivity index (χ3n) is 3.12. The van der Waals surface area contributed by atoms with Crippen LogP contribution in [0.1, 0.15) is 24.1 Å². The summed E-state index contributed by atoms with van der Waals surface area (Å²) in [5.74, 6) is -0.101. The van der Waals surface area contributed by atoms with E-state index in [9.17, 15) is 8.78 Å². The number of benzene rings is 2. The fourth-order valence-corrected chi connectivity index (χ4v) is 1.90. The summed E-state index contributed by atoms with van der Waals surface area (Å²) in [6.07, 6.45) is 0. The van der Waals surface area contributed by atoms with Crippen LogP contribution in [0.3, 0.4) is 0 Å². The highest BCUT2D eigenvalue weighted by Gasteiger charge is 2.09. The summed E-state index contributed by atoms with van der Waals surface area (Å²) in [5.41, 5.74) is 6.42. The Kier molecular flexibility index (Phi) is 4.75. The Bertz CT molecular complexity index is 630. The van der Waals surface area contributed by atoms with Gasteiger partial charge in [-0.1, -0.05) is 6.07 Å². The maximum Gasteiger partial charge on any atom is 0.133 e. The molecule has 2 N–H and O–H groups in total. The van der Waals surface area contributed by atoms with Crippen molar-refractivity contribution < 1.29 is 18.3 Å². The second kappa shape index (κ2) is 6.54. The Morgan fingerprint density at radius 2 is 1.71 bits per heavy atom. The Balaban J connectivity index is 2.08. The minimum atomic E-state index is -0.433. The summed E-state index contributed by atoms with van der Waals surface area (Å²) in [5, 5.41) is 0. The predicted octanol–water partition coefficient (Wildman–Crippen LogP) is 3.57. The fraction of sp³-hybridized carbons (Fsp3) is 0.250. The van der Waals surface area contributed by atoms with E-state index in [-0.39, 0.29) is 6.61 Å². The molecule has 0 saturated carbocycles. The van der Waals surface area contributed by atoms with Gasteiger partial charge in [-0.25, -0.2) is 8.78 Å². The molecule has 0 aliphatic carbocycles. The van der Waals surface area contributed by atoms with Crippen molar-refractivity contribution in [2.45, 2.75) is 19.6 Å². The first-order valence-corrected chi connectivity index (χ1v) is 6.51. The molecule has 2 aromatic carbocycles. The first kappa shape index (κ1) is 15.3. The minimum Gasteiger partial charge on any atom is -0.497 e. The number of hydrogen-bond donors (Lipinski definition) is 1. The van der Waals surface area contributed by atoms with Crippen molar-refractivity contribution in [3.05, 3.63) is 59.2 Å². The van der Waals surface area contributed by atoms with Crippen LogP contribution in [-0.2, 0) is 6.61 Å². The summed E-state index contributed by atoms with van der Waals surface area (Å²) in [4.78, 5) is 0. The highest BCUT2D eigenvalue weighted by molar-refractivity contribution is 5.32. The van der Waals surface area contributed by atoms with E-state index in [1.54, 1.807) is 31.2 Å². The van der Waals surface area contributed by atoms with Crippen LogP contribution in [0.2, 0.25) is 0 Å². The fourth-order valence-electron chi connectivity index (χ4n) is 1.90. The van der Waals surface area contributed by atoms with Gasteiger partial charge >= 0.3 is 0 Å². The zero-order chi connectivity index (χ0) is 15.4. The van der Waals surface area contributed by atoms with Crippen LogP contribution in [0.5, 0.6) is 11.5 Å². The number of halogens is 2. The highest BCUT2D eigenvalue weighted by atomic mass is 19.1. The maximum atomic E-state index is 13.8. The summed E-state index contributed by atoms with van der Waals surface area (Å²) >= 11 is 0. The average molecular weight is 293 g/mol. The molecular formula is C16H17F2NO2. The smallest absolute Gasteiger partial charge is 0.133 e. The van der Waals surface area contributed by atoms with Crippen LogP contribution in [0, 0.1) is 11.6 Å². The largest absolute Gasteiger partial charge is 0.497 e. The molecule has 0 heterocycles. The Morgan fingerprint density at radius 3 is 2.29 bits per heavy atom. The first-order chi connectivity index (χ1) is 10.0. The van der Waals surface area contributed by atoms with Crippen LogP contribution in [-0.4, -0.2) is 7.11 Å². The van der Waals surface area contributed by atoms with Gasteiger partial charge in [0.1, 0.15) is 29.7 Å². The van der Waals surface area contributed by atoms with Crippen LogP contribution in [0.25, 0.3) is 0 Å². The van der Waals surface area contributed by atoms with E-state index in [1.807, 2.05) is 0 Å². The number of hydrogen-bond acceptors (Lipinski definition) is 3. The quantitative estimate of drug-likeness (QED) is 0.916. The van der Waals surface area contributed by atoms with Gasteiger partial charge in [-0.2, -0.15) is 0 Å². The molecule has 0 radical (unpaired) electrons. The van der Waals surface area contributed by atoms with E-state index in [0.29, 0.717) is 22.6 Å². The average Bonchev–Trinajstić information content (AvgIpc) is 2.45. The topological polar surface area (TPSA) is 44.5 Å². The minimum absolute atomic E-state index is 0.00674. The third kappa shape index (κ3) is 3.70. The van der Waals surface area contributed by atoms with Gasteiger partial charge in [0, 0.05) is 29.3 Å². The second-order valence-electron chi connectivity index (χ2n) is 4.72. The SMILES string of the molecule is COc1ccc(COc2ccc(C(C)N)c(F)c2)c(F)c1. The predicted molar refractivity (Wildman–Crippen MR) is 76.3 cm³/mol. The molecule has 112 valence electrons. The molecule has 0 fully saturated rings. The van der Waals surface area contributed by atoms with Gasteiger partial charge in [0.15, 0.2) is 0 Å². The third-order valence-corrected chi connectivity index (χ3v) is 3.12. The summed E-state index contributed by atoms with van der Waals surface area (Å²) in [6.45, 7) is 1.71. The number of rotatable bonds is 5. The standard InChI is InChI=1S/C16H17F2NO2/c1-10(19)14-6-5-13(8-16(14)18)21-9-11-3-4-12(20-2)7-15(11)17/h3-8,10H,9,19H2,1-2H3. The molecule has 21 heavy (non-hydrogen) atoms. The Morgan fingerprint density at radius 1 is 1.05 bits per heavy atom. The molecule has 3 nitrogen and oxygen atoms in total. The van der Waals surface area contributed by atoms with Crippen LogP contribution < -0.4 is 15.2 Å². The molecule has 0 spiro atoms. The molecule has 5 heteroatoms. The van der Waals surface area contributed by atoms with Crippen molar-refractivity contribution >= 4 is 0 Å². The normalized spacial score (nSPS) is 12.0. The van der Waals surface area contributed by atoms with Gasteiger partial charge in [-0.05, 0) is 25.1 Å². The lowest BCUT2D eigenvalue weighted by molar-refractivity contribution is 0.297. The van der Waals surface area contributed by atoms with Crippen molar-refractivity contribution in [2.75, 3.05) is 7.11 Å². The zero-order valence-corrected chi connectivity index (χ0v) is 11.9. The lowest BCUT2D eigenvalue weighted by atomic mass is 10.1. The Hall–Kier alpha value is -2.14. The van der Waals surface area contributed by atoms with Gasteiger partial charge in [-0.3, -0.25) is 0 Å². The van der Waals surface area contributed by atoms with Crippen molar-refractivity contribution in [3.63, 3.8) is 0 Å². The first-order valence-electron chi connectivity index (χ1n) is 6.51. The van der Waals surface area contributed by atoms with E-state index in [1.165, 1.54) is 19.2 Å². The lowest BCUT2D eigenvalue weighted by Gasteiger charge is -2.11. The van der Waals surface area contributed by atoms with Crippen molar-refractivity contribution in [2.24, 2.45) is 5.73 Å². The lowest BCUT2D eigenvalue weighted by Crippen LogP contribution is -2.07. The van der Waals surface area contributed by atoms with Crippen LogP contribution >= 0.6 is 0 Å². The van der Waals surface area contributed by atoms with E-state index in [4.69, 9.17) is 15.2 Å². The molecule has 1 unspecified atom stereocenters. The van der Waals surface area contributed by atoms with E-state index in [2.05, 4.69) is 0 Å². The molecular weight excluding hydrogens is 276 g/mol. The summed E-state index contributed by atoms with van der Waals surface area (Å²) in [6, 6.07) is 8.53. The molecule has 2 aromatic rings.